The highest BCUT2D eigenvalue weighted by Crippen LogP contribution is 2.34. The standard InChI is InChI=1S/C17H24N4O4/c1-4-12-13(10(3)25-20-12)14(22)21-8-6-11(7-9-21)17(5-2)15(23)18-16(24)19-17/h11H,4-9H2,1-3H3,(H2,18,19,23,24)/t17-/m1/s1. The van der Waals surface area contributed by atoms with Gasteiger partial charge in [-0.2, -0.15) is 0 Å². The van der Waals surface area contributed by atoms with Gasteiger partial charge in [0, 0.05) is 13.1 Å². The number of amides is 4. The fraction of sp³-hybridized carbons (Fsp3) is 0.647. The summed E-state index contributed by atoms with van der Waals surface area (Å²) < 4.78 is 5.16. The maximum Gasteiger partial charge on any atom is 0.322 e. The molecule has 136 valence electrons. The Morgan fingerprint density at radius 1 is 1.32 bits per heavy atom. The number of aryl methyl sites for hydroxylation is 2. The van der Waals surface area contributed by atoms with Gasteiger partial charge in [0.15, 0.2) is 0 Å². The van der Waals surface area contributed by atoms with Crippen LogP contribution in [0.2, 0.25) is 0 Å². The van der Waals surface area contributed by atoms with Crippen LogP contribution in [0.3, 0.4) is 0 Å². The van der Waals surface area contributed by atoms with Crippen LogP contribution in [0.1, 0.15) is 54.9 Å². The lowest BCUT2D eigenvalue weighted by atomic mass is 9.76. The van der Waals surface area contributed by atoms with Gasteiger partial charge in [-0.15, -0.1) is 0 Å². The van der Waals surface area contributed by atoms with Crippen molar-refractivity contribution in [3.63, 3.8) is 0 Å². The number of hydrogen-bond donors (Lipinski definition) is 2. The van der Waals surface area contributed by atoms with Crippen LogP contribution in [-0.4, -0.2) is 46.5 Å². The van der Waals surface area contributed by atoms with E-state index in [-0.39, 0.29) is 17.7 Å². The molecular weight excluding hydrogens is 324 g/mol. The Morgan fingerprint density at radius 2 is 2.00 bits per heavy atom. The summed E-state index contributed by atoms with van der Waals surface area (Å²) in [7, 11) is 0. The highest BCUT2D eigenvalue weighted by molar-refractivity contribution is 6.07. The molecule has 0 bridgehead atoms. The van der Waals surface area contributed by atoms with Crippen LogP contribution < -0.4 is 10.6 Å². The summed E-state index contributed by atoms with van der Waals surface area (Å²) in [5.74, 6) is 0.228. The summed E-state index contributed by atoms with van der Waals surface area (Å²) in [5, 5.41) is 9.10. The number of carbonyl (C=O) groups is 3. The molecule has 8 nitrogen and oxygen atoms in total. The Labute approximate surface area is 146 Å². The SMILES string of the molecule is CCc1noc(C)c1C(=O)N1CCC([C@@]2(CC)NC(=O)NC2=O)CC1. The molecule has 8 heteroatoms. The molecule has 0 aromatic carbocycles. The van der Waals surface area contributed by atoms with E-state index in [2.05, 4.69) is 15.8 Å². The lowest BCUT2D eigenvalue weighted by Crippen LogP contribution is -2.56. The Kier molecular flexibility index (Phi) is 4.53. The number of rotatable bonds is 4. The Bertz CT molecular complexity index is 706. The second-order valence-corrected chi connectivity index (χ2v) is 6.71. The topological polar surface area (TPSA) is 105 Å². The Balaban J connectivity index is 1.71. The van der Waals surface area contributed by atoms with Gasteiger partial charge in [-0.3, -0.25) is 14.9 Å². The van der Waals surface area contributed by atoms with E-state index in [0.717, 1.165) is 0 Å². The fourth-order valence-corrected chi connectivity index (χ4v) is 4.00. The first kappa shape index (κ1) is 17.4. The van der Waals surface area contributed by atoms with E-state index in [1.807, 2.05) is 13.8 Å². The third-order valence-electron chi connectivity index (χ3n) is 5.49. The Hall–Kier alpha value is -2.38. The van der Waals surface area contributed by atoms with Crippen molar-refractivity contribution in [2.24, 2.45) is 5.92 Å². The smallest absolute Gasteiger partial charge is 0.322 e. The highest BCUT2D eigenvalue weighted by Gasteiger charge is 2.51. The van der Waals surface area contributed by atoms with Crippen LogP contribution in [0.4, 0.5) is 4.79 Å². The zero-order valence-electron chi connectivity index (χ0n) is 14.8. The molecule has 0 radical (unpaired) electrons. The largest absolute Gasteiger partial charge is 0.361 e. The molecular formula is C17H24N4O4. The molecule has 0 saturated carbocycles. The van der Waals surface area contributed by atoms with Crippen molar-refractivity contribution in [1.82, 2.24) is 20.7 Å². The first-order valence-electron chi connectivity index (χ1n) is 8.81. The van der Waals surface area contributed by atoms with Gasteiger partial charge in [-0.05, 0) is 38.5 Å². The van der Waals surface area contributed by atoms with Crippen LogP contribution >= 0.6 is 0 Å². The van der Waals surface area contributed by atoms with E-state index in [4.69, 9.17) is 4.52 Å². The van der Waals surface area contributed by atoms with E-state index in [1.165, 1.54) is 0 Å². The molecule has 1 atom stereocenters. The number of carbonyl (C=O) groups excluding carboxylic acids is 3. The second-order valence-electron chi connectivity index (χ2n) is 6.71. The van der Waals surface area contributed by atoms with Crippen LogP contribution in [0, 0.1) is 12.8 Å². The van der Waals surface area contributed by atoms with Gasteiger partial charge in [0.05, 0.1) is 5.69 Å². The van der Waals surface area contributed by atoms with Crippen molar-refractivity contribution in [2.45, 2.75) is 52.0 Å². The summed E-state index contributed by atoms with van der Waals surface area (Å²) >= 11 is 0. The molecule has 2 N–H and O–H groups in total. The average molecular weight is 348 g/mol. The molecule has 25 heavy (non-hydrogen) atoms. The van der Waals surface area contributed by atoms with Gasteiger partial charge in [0.2, 0.25) is 0 Å². The lowest BCUT2D eigenvalue weighted by Gasteiger charge is -2.40. The maximum absolute atomic E-state index is 12.8. The first-order valence-corrected chi connectivity index (χ1v) is 8.81. The zero-order valence-corrected chi connectivity index (χ0v) is 14.8. The predicted molar refractivity (Wildman–Crippen MR) is 88.9 cm³/mol. The van der Waals surface area contributed by atoms with Crippen LogP contribution in [0.15, 0.2) is 4.52 Å². The minimum absolute atomic E-state index is 0.0159. The molecule has 2 aliphatic heterocycles. The minimum atomic E-state index is -0.853. The van der Waals surface area contributed by atoms with Gasteiger partial charge < -0.3 is 14.7 Å². The van der Waals surface area contributed by atoms with E-state index in [0.29, 0.717) is 55.8 Å². The van der Waals surface area contributed by atoms with Gasteiger partial charge in [-0.25, -0.2) is 4.79 Å². The van der Waals surface area contributed by atoms with E-state index in [1.54, 1.807) is 11.8 Å². The molecule has 1 aromatic heterocycles. The van der Waals surface area contributed by atoms with Crippen LogP contribution in [-0.2, 0) is 11.2 Å². The molecule has 0 spiro atoms. The number of piperidine rings is 1. The Morgan fingerprint density at radius 3 is 2.52 bits per heavy atom. The summed E-state index contributed by atoms with van der Waals surface area (Å²) in [6.07, 6.45) is 2.51. The number of urea groups is 1. The van der Waals surface area contributed by atoms with Crippen molar-refractivity contribution < 1.29 is 18.9 Å². The zero-order chi connectivity index (χ0) is 18.2. The van der Waals surface area contributed by atoms with Gasteiger partial charge in [-0.1, -0.05) is 19.0 Å². The summed E-state index contributed by atoms with van der Waals surface area (Å²) in [5.41, 5.74) is 0.378. The number of likely N-dealkylation sites (tertiary alicyclic amines) is 1. The molecule has 1 aromatic rings. The van der Waals surface area contributed by atoms with Gasteiger partial charge in [0.25, 0.3) is 11.8 Å². The second kappa shape index (κ2) is 6.50. The lowest BCUT2D eigenvalue weighted by molar-refractivity contribution is -0.126. The van der Waals surface area contributed by atoms with Crippen molar-refractivity contribution >= 4 is 17.8 Å². The van der Waals surface area contributed by atoms with Crippen LogP contribution in [0.5, 0.6) is 0 Å². The number of hydrogen-bond acceptors (Lipinski definition) is 5. The summed E-state index contributed by atoms with van der Waals surface area (Å²) in [6, 6.07) is -0.432. The fourth-order valence-electron chi connectivity index (χ4n) is 4.00. The molecule has 3 rings (SSSR count). The van der Waals surface area contributed by atoms with E-state index < -0.39 is 11.6 Å². The van der Waals surface area contributed by atoms with Gasteiger partial charge in [0.1, 0.15) is 16.9 Å². The monoisotopic (exact) mass is 348 g/mol. The van der Waals surface area contributed by atoms with E-state index in [9.17, 15) is 14.4 Å². The average Bonchev–Trinajstić information content (AvgIpc) is 3.13. The van der Waals surface area contributed by atoms with Crippen LogP contribution in [0.25, 0.3) is 0 Å². The molecule has 2 saturated heterocycles. The highest BCUT2D eigenvalue weighted by atomic mass is 16.5. The molecule has 0 unspecified atom stereocenters. The maximum atomic E-state index is 12.8. The predicted octanol–water partition coefficient (Wildman–Crippen LogP) is 1.39. The number of imide groups is 1. The molecule has 3 heterocycles. The number of aromatic nitrogens is 1. The van der Waals surface area contributed by atoms with Crippen molar-refractivity contribution in [2.75, 3.05) is 13.1 Å². The minimum Gasteiger partial charge on any atom is -0.361 e. The number of nitrogens with zero attached hydrogens (tertiary/aromatic N) is 2. The summed E-state index contributed by atoms with van der Waals surface area (Å²) in [6.45, 7) is 6.67. The first-order chi connectivity index (χ1) is 11.9. The molecule has 0 aliphatic carbocycles. The van der Waals surface area contributed by atoms with E-state index >= 15 is 0 Å². The quantitative estimate of drug-likeness (QED) is 0.800. The molecule has 2 aliphatic rings. The van der Waals surface area contributed by atoms with Gasteiger partial charge >= 0.3 is 6.03 Å². The molecule has 4 amide bonds. The molecule has 2 fully saturated rings. The third-order valence-corrected chi connectivity index (χ3v) is 5.49. The van der Waals surface area contributed by atoms with Crippen molar-refractivity contribution in [3.8, 4) is 0 Å². The van der Waals surface area contributed by atoms with Crippen molar-refractivity contribution in [3.05, 3.63) is 17.0 Å². The van der Waals surface area contributed by atoms with Crippen molar-refractivity contribution in [1.29, 1.82) is 0 Å². The summed E-state index contributed by atoms with van der Waals surface area (Å²) in [4.78, 5) is 38.5. The normalized spacial score (nSPS) is 24.4. The third kappa shape index (κ3) is 2.79. The number of nitrogens with one attached hydrogen (secondary N) is 2.